The highest BCUT2D eigenvalue weighted by atomic mass is 79.9. The topological polar surface area (TPSA) is 37.3 Å². The lowest BCUT2D eigenvalue weighted by atomic mass is 9.93. The number of aromatic nitrogens is 1. The van der Waals surface area contributed by atoms with Gasteiger partial charge in [0.2, 0.25) is 0 Å². The minimum atomic E-state index is 0.153. The van der Waals surface area contributed by atoms with Crippen molar-refractivity contribution in [3.63, 3.8) is 0 Å². The summed E-state index contributed by atoms with van der Waals surface area (Å²) in [4.78, 5) is 14.4. The van der Waals surface area contributed by atoms with Crippen molar-refractivity contribution in [2.45, 2.75) is 19.3 Å². The van der Waals surface area contributed by atoms with E-state index in [9.17, 15) is 4.79 Å². The molecule has 0 spiro atoms. The Hall–Kier alpha value is -0.810. The van der Waals surface area contributed by atoms with Crippen LogP contribution in [0.5, 0.6) is 0 Å². The summed E-state index contributed by atoms with van der Waals surface area (Å²) >= 11 is 3.41. The highest BCUT2D eigenvalue weighted by Gasteiger charge is 2.24. The number of halogens is 1. The Labute approximate surface area is 123 Å². The number of nitrogens with one attached hydrogen (secondary N) is 1. The zero-order valence-corrected chi connectivity index (χ0v) is 13.2. The third-order valence-corrected chi connectivity index (χ3v) is 4.33. The van der Waals surface area contributed by atoms with Crippen LogP contribution >= 0.6 is 15.9 Å². The van der Waals surface area contributed by atoms with Gasteiger partial charge in [-0.05, 0) is 60.8 Å². The Balaban J connectivity index is 1.91. The van der Waals surface area contributed by atoms with Crippen molar-refractivity contribution < 1.29 is 4.79 Å². The second-order valence-corrected chi connectivity index (χ2v) is 6.20. The fourth-order valence-electron chi connectivity index (χ4n) is 2.67. The zero-order chi connectivity index (χ0) is 13.8. The van der Waals surface area contributed by atoms with E-state index in [2.05, 4.69) is 21.2 Å². The molecule has 1 N–H and O–H groups in total. The maximum Gasteiger partial charge on any atom is 0.270 e. The van der Waals surface area contributed by atoms with Gasteiger partial charge in [-0.2, -0.15) is 0 Å². The average molecular weight is 328 g/mol. The summed E-state index contributed by atoms with van der Waals surface area (Å²) in [5.41, 5.74) is 0.764. The van der Waals surface area contributed by atoms with E-state index in [4.69, 9.17) is 0 Å². The first-order chi connectivity index (χ1) is 9.11. The lowest BCUT2D eigenvalue weighted by molar-refractivity contribution is 0.0677. The van der Waals surface area contributed by atoms with Gasteiger partial charge in [0.05, 0.1) is 0 Å². The summed E-state index contributed by atoms with van der Waals surface area (Å²) in [6, 6.07) is 1.90. The predicted molar refractivity (Wildman–Crippen MR) is 80.3 cm³/mol. The number of rotatable bonds is 4. The quantitative estimate of drug-likeness (QED) is 0.920. The van der Waals surface area contributed by atoms with Crippen LogP contribution < -0.4 is 5.32 Å². The fourth-order valence-corrected chi connectivity index (χ4v) is 3.20. The van der Waals surface area contributed by atoms with E-state index in [0.717, 1.165) is 48.6 Å². The molecule has 106 valence electrons. The maximum atomic E-state index is 12.4. The molecule has 2 heterocycles. The average Bonchev–Trinajstić information content (AvgIpc) is 2.75. The van der Waals surface area contributed by atoms with Crippen LogP contribution in [0.15, 0.2) is 16.7 Å². The van der Waals surface area contributed by atoms with Crippen LogP contribution in [-0.4, -0.2) is 42.1 Å². The van der Waals surface area contributed by atoms with Crippen LogP contribution in [0.25, 0.3) is 0 Å². The molecule has 19 heavy (non-hydrogen) atoms. The second kappa shape index (κ2) is 6.57. The molecular formula is C14H22BrN3O. The standard InChI is InChI=1S/C14H22BrN3O/c1-16-6-3-11-4-7-18(8-5-11)14(19)13-9-12(15)10-17(13)2/h9-11,16H,3-8H2,1-2H3. The molecule has 4 nitrogen and oxygen atoms in total. The molecule has 0 atom stereocenters. The van der Waals surface area contributed by atoms with Gasteiger partial charge in [0.25, 0.3) is 5.91 Å². The largest absolute Gasteiger partial charge is 0.345 e. The van der Waals surface area contributed by atoms with Crippen molar-refractivity contribution in [2.24, 2.45) is 13.0 Å². The highest BCUT2D eigenvalue weighted by molar-refractivity contribution is 9.10. The second-order valence-electron chi connectivity index (χ2n) is 5.28. The summed E-state index contributed by atoms with van der Waals surface area (Å²) in [6.45, 7) is 2.84. The van der Waals surface area contributed by atoms with Crippen LogP contribution in [0.1, 0.15) is 29.8 Å². The van der Waals surface area contributed by atoms with Crippen LogP contribution in [0, 0.1) is 5.92 Å². The molecule has 0 saturated carbocycles. The number of carbonyl (C=O) groups is 1. The Morgan fingerprint density at radius 3 is 2.68 bits per heavy atom. The van der Waals surface area contributed by atoms with E-state index in [-0.39, 0.29) is 5.91 Å². The molecule has 0 unspecified atom stereocenters. The molecule has 1 amide bonds. The van der Waals surface area contributed by atoms with Gasteiger partial charge in [0.1, 0.15) is 5.69 Å². The van der Waals surface area contributed by atoms with Crippen molar-refractivity contribution in [1.82, 2.24) is 14.8 Å². The number of nitrogens with zero attached hydrogens (tertiary/aromatic N) is 2. The highest BCUT2D eigenvalue weighted by Crippen LogP contribution is 2.22. The SMILES string of the molecule is CNCCC1CCN(C(=O)c2cc(Br)cn2C)CC1. The van der Waals surface area contributed by atoms with Gasteiger partial charge in [-0.3, -0.25) is 4.79 Å². The third-order valence-electron chi connectivity index (χ3n) is 3.90. The van der Waals surface area contributed by atoms with Crippen molar-refractivity contribution in [3.05, 3.63) is 22.4 Å². The first-order valence-corrected chi connectivity index (χ1v) is 7.67. The molecule has 0 radical (unpaired) electrons. The van der Waals surface area contributed by atoms with E-state index in [0.29, 0.717) is 0 Å². The lowest BCUT2D eigenvalue weighted by Crippen LogP contribution is -2.39. The van der Waals surface area contributed by atoms with Crippen LogP contribution in [0.3, 0.4) is 0 Å². The number of amides is 1. The van der Waals surface area contributed by atoms with Crippen molar-refractivity contribution in [1.29, 1.82) is 0 Å². The number of aryl methyl sites for hydroxylation is 1. The van der Waals surface area contributed by atoms with E-state index in [1.165, 1.54) is 6.42 Å². The molecule has 1 aliphatic rings. The van der Waals surface area contributed by atoms with Gasteiger partial charge in [0.15, 0.2) is 0 Å². The Kier molecular flexibility index (Phi) is 5.05. The number of hydrogen-bond donors (Lipinski definition) is 1. The van der Waals surface area contributed by atoms with Gasteiger partial charge in [0, 0.05) is 30.8 Å². The molecule has 1 aromatic rings. The summed E-state index contributed by atoms with van der Waals surface area (Å²) in [5.74, 6) is 0.914. The molecule has 1 saturated heterocycles. The van der Waals surface area contributed by atoms with Gasteiger partial charge < -0.3 is 14.8 Å². The summed E-state index contributed by atoms with van der Waals surface area (Å²) in [6.07, 6.45) is 5.39. The number of hydrogen-bond acceptors (Lipinski definition) is 2. The molecule has 0 bridgehead atoms. The normalized spacial score (nSPS) is 16.9. The van der Waals surface area contributed by atoms with E-state index < -0.39 is 0 Å². The van der Waals surface area contributed by atoms with Crippen LogP contribution in [-0.2, 0) is 7.05 Å². The maximum absolute atomic E-state index is 12.4. The van der Waals surface area contributed by atoms with Crippen molar-refractivity contribution in [2.75, 3.05) is 26.7 Å². The van der Waals surface area contributed by atoms with Crippen LogP contribution in [0.4, 0.5) is 0 Å². The molecule has 0 aliphatic carbocycles. The molecule has 1 fully saturated rings. The lowest BCUT2D eigenvalue weighted by Gasteiger charge is -2.32. The minimum absolute atomic E-state index is 0.153. The third kappa shape index (κ3) is 3.60. The van der Waals surface area contributed by atoms with Crippen LogP contribution in [0.2, 0.25) is 0 Å². The first-order valence-electron chi connectivity index (χ1n) is 6.87. The summed E-state index contributed by atoms with van der Waals surface area (Å²) < 4.78 is 2.85. The molecule has 0 aromatic carbocycles. The van der Waals surface area contributed by atoms with E-state index in [1.54, 1.807) is 0 Å². The minimum Gasteiger partial charge on any atom is -0.345 e. The monoisotopic (exact) mass is 327 g/mol. The number of likely N-dealkylation sites (tertiary alicyclic amines) is 1. The molecule has 1 aromatic heterocycles. The molecule has 5 heteroatoms. The van der Waals surface area contributed by atoms with E-state index in [1.807, 2.05) is 35.8 Å². The smallest absolute Gasteiger partial charge is 0.270 e. The molecule has 1 aliphatic heterocycles. The van der Waals surface area contributed by atoms with Crippen molar-refractivity contribution >= 4 is 21.8 Å². The Morgan fingerprint density at radius 2 is 2.16 bits per heavy atom. The van der Waals surface area contributed by atoms with E-state index >= 15 is 0 Å². The van der Waals surface area contributed by atoms with Gasteiger partial charge in [-0.25, -0.2) is 0 Å². The Morgan fingerprint density at radius 1 is 1.47 bits per heavy atom. The summed E-state index contributed by atoms with van der Waals surface area (Å²) in [5, 5.41) is 3.20. The Bertz CT molecular complexity index is 436. The number of piperidine rings is 1. The van der Waals surface area contributed by atoms with Gasteiger partial charge in [-0.1, -0.05) is 0 Å². The summed E-state index contributed by atoms with van der Waals surface area (Å²) in [7, 11) is 3.91. The van der Waals surface area contributed by atoms with Crippen molar-refractivity contribution in [3.8, 4) is 0 Å². The number of carbonyl (C=O) groups excluding carboxylic acids is 1. The predicted octanol–water partition coefficient (Wildman–Crippen LogP) is 2.25. The molecule has 2 rings (SSSR count). The first kappa shape index (κ1) is 14.6. The zero-order valence-electron chi connectivity index (χ0n) is 11.7. The van der Waals surface area contributed by atoms with Gasteiger partial charge in [-0.15, -0.1) is 0 Å². The fraction of sp³-hybridized carbons (Fsp3) is 0.643. The van der Waals surface area contributed by atoms with Gasteiger partial charge >= 0.3 is 0 Å². The molecular weight excluding hydrogens is 306 g/mol.